The monoisotopic (exact) mass is 258 g/mol. The summed E-state index contributed by atoms with van der Waals surface area (Å²) in [4.78, 5) is 0. The van der Waals surface area contributed by atoms with Gasteiger partial charge in [0.2, 0.25) is 0 Å². The van der Waals surface area contributed by atoms with E-state index in [1.165, 1.54) is 35.1 Å². The Labute approximate surface area is 120 Å². The summed E-state index contributed by atoms with van der Waals surface area (Å²) >= 11 is 0. The zero-order valence-corrected chi connectivity index (χ0v) is 13.6. The second kappa shape index (κ2) is 10.6. The number of hydrogen-bond acceptors (Lipinski definition) is 0. The van der Waals surface area contributed by atoms with Crippen molar-refractivity contribution in [2.45, 2.75) is 60.8 Å². The van der Waals surface area contributed by atoms with Crippen LogP contribution in [0.2, 0.25) is 0 Å². The van der Waals surface area contributed by atoms with Gasteiger partial charge in [0, 0.05) is 0 Å². The van der Waals surface area contributed by atoms with Crippen LogP contribution in [0.3, 0.4) is 0 Å². The molecule has 0 N–H and O–H groups in total. The molecule has 0 amide bonds. The standard InChI is InChI=1S/C15H18.2C2H6/c1-12-5-3-7-14(9-12)11-15-8-4-6-13(2)10-15;2*1-2/h3,5,7-10H,4,6,11H2,1-2H3;2*1-2H3. The summed E-state index contributed by atoms with van der Waals surface area (Å²) in [7, 11) is 0. The van der Waals surface area contributed by atoms with Gasteiger partial charge in [-0.05, 0) is 44.2 Å². The van der Waals surface area contributed by atoms with Crippen molar-refractivity contribution in [1.82, 2.24) is 0 Å². The molecule has 1 aromatic carbocycles. The summed E-state index contributed by atoms with van der Waals surface area (Å²) in [5.74, 6) is 0. The number of rotatable bonds is 2. The average molecular weight is 258 g/mol. The van der Waals surface area contributed by atoms with Gasteiger partial charge >= 0.3 is 0 Å². The van der Waals surface area contributed by atoms with Crippen molar-refractivity contribution in [2.75, 3.05) is 0 Å². The third-order valence-electron chi connectivity index (χ3n) is 2.87. The maximum Gasteiger partial charge on any atom is -0.00289 e. The first-order valence-corrected chi connectivity index (χ1v) is 7.66. The molecule has 2 rings (SSSR count). The van der Waals surface area contributed by atoms with Crippen LogP contribution in [-0.2, 0) is 6.42 Å². The highest BCUT2D eigenvalue weighted by atomic mass is 14.1. The van der Waals surface area contributed by atoms with Crippen molar-refractivity contribution >= 4 is 0 Å². The fraction of sp³-hybridized carbons (Fsp3) is 0.474. The molecule has 0 saturated heterocycles. The number of hydrogen-bond donors (Lipinski definition) is 0. The lowest BCUT2D eigenvalue weighted by atomic mass is 9.95. The Morgan fingerprint density at radius 3 is 2.26 bits per heavy atom. The predicted molar refractivity (Wildman–Crippen MR) is 88.7 cm³/mol. The van der Waals surface area contributed by atoms with Gasteiger partial charge in [0.1, 0.15) is 0 Å². The third kappa shape index (κ3) is 7.00. The summed E-state index contributed by atoms with van der Waals surface area (Å²) in [6.07, 6.45) is 8.24. The third-order valence-corrected chi connectivity index (χ3v) is 2.87. The van der Waals surface area contributed by atoms with Crippen molar-refractivity contribution in [3.63, 3.8) is 0 Å². The highest BCUT2D eigenvalue weighted by Gasteiger charge is 2.02. The lowest BCUT2D eigenvalue weighted by molar-refractivity contribution is 0.931. The van der Waals surface area contributed by atoms with E-state index < -0.39 is 0 Å². The zero-order valence-electron chi connectivity index (χ0n) is 13.6. The minimum absolute atomic E-state index is 1.08. The second-order valence-corrected chi connectivity index (χ2v) is 4.47. The summed E-state index contributed by atoms with van der Waals surface area (Å²) in [5, 5.41) is 0. The van der Waals surface area contributed by atoms with E-state index in [-0.39, 0.29) is 0 Å². The molecule has 0 nitrogen and oxygen atoms in total. The molecule has 0 saturated carbocycles. The molecule has 1 aromatic rings. The van der Waals surface area contributed by atoms with Crippen molar-refractivity contribution < 1.29 is 0 Å². The molecule has 0 heterocycles. The minimum Gasteiger partial charge on any atom is -0.0807 e. The Morgan fingerprint density at radius 1 is 1.00 bits per heavy atom. The normalized spacial score (nSPS) is 13.2. The maximum atomic E-state index is 2.37. The van der Waals surface area contributed by atoms with Crippen LogP contribution in [0.25, 0.3) is 0 Å². The fourth-order valence-corrected chi connectivity index (χ4v) is 2.11. The van der Waals surface area contributed by atoms with E-state index in [1.807, 2.05) is 27.7 Å². The highest BCUT2D eigenvalue weighted by molar-refractivity contribution is 5.34. The van der Waals surface area contributed by atoms with Gasteiger partial charge in [-0.15, -0.1) is 0 Å². The lowest BCUT2D eigenvalue weighted by Crippen LogP contribution is -1.94. The smallest absolute Gasteiger partial charge is 0.00289 e. The SMILES string of the molecule is CC.CC.CC1=CC(Cc2cccc(C)c2)=CCC1. The molecule has 0 spiro atoms. The fourth-order valence-electron chi connectivity index (χ4n) is 2.11. The van der Waals surface area contributed by atoms with E-state index in [0.29, 0.717) is 0 Å². The highest BCUT2D eigenvalue weighted by Crippen LogP contribution is 2.20. The Bertz CT molecular complexity index is 408. The Morgan fingerprint density at radius 2 is 1.68 bits per heavy atom. The van der Waals surface area contributed by atoms with Crippen molar-refractivity contribution in [2.24, 2.45) is 0 Å². The summed E-state index contributed by atoms with van der Waals surface area (Å²) in [5.41, 5.74) is 5.77. The zero-order chi connectivity index (χ0) is 14.7. The molecule has 106 valence electrons. The van der Waals surface area contributed by atoms with Crippen LogP contribution in [0.5, 0.6) is 0 Å². The van der Waals surface area contributed by atoms with Crippen LogP contribution in [0.1, 0.15) is 58.6 Å². The molecule has 0 aromatic heterocycles. The van der Waals surface area contributed by atoms with Crippen LogP contribution in [0, 0.1) is 6.92 Å². The maximum absolute atomic E-state index is 2.37. The molecule has 19 heavy (non-hydrogen) atoms. The Kier molecular flexibility index (Phi) is 9.88. The minimum atomic E-state index is 1.08. The molecule has 0 bridgehead atoms. The molecule has 0 unspecified atom stereocenters. The first-order valence-electron chi connectivity index (χ1n) is 7.66. The Balaban J connectivity index is 0.000000741. The molecule has 1 aliphatic carbocycles. The van der Waals surface area contributed by atoms with Gasteiger partial charge in [-0.25, -0.2) is 0 Å². The van der Waals surface area contributed by atoms with Gasteiger partial charge in [-0.3, -0.25) is 0 Å². The molecular formula is C19H30. The Hall–Kier alpha value is -1.30. The van der Waals surface area contributed by atoms with Gasteiger partial charge in [-0.2, -0.15) is 0 Å². The molecule has 0 aliphatic heterocycles. The lowest BCUT2D eigenvalue weighted by Gasteiger charge is -2.11. The van der Waals surface area contributed by atoms with Crippen molar-refractivity contribution in [3.8, 4) is 0 Å². The predicted octanol–water partition coefficient (Wildman–Crippen LogP) is 6.26. The summed E-state index contributed by atoms with van der Waals surface area (Å²) < 4.78 is 0. The van der Waals surface area contributed by atoms with Crippen LogP contribution in [0.4, 0.5) is 0 Å². The van der Waals surface area contributed by atoms with Crippen LogP contribution < -0.4 is 0 Å². The van der Waals surface area contributed by atoms with Gasteiger partial charge in [-0.1, -0.05) is 75.2 Å². The first-order chi connectivity index (χ1) is 9.24. The van der Waals surface area contributed by atoms with E-state index in [0.717, 1.165) is 6.42 Å². The van der Waals surface area contributed by atoms with Crippen LogP contribution in [0.15, 0.2) is 47.6 Å². The van der Waals surface area contributed by atoms with Crippen LogP contribution >= 0.6 is 0 Å². The quantitative estimate of drug-likeness (QED) is 0.587. The topological polar surface area (TPSA) is 0 Å². The molecule has 0 atom stereocenters. The summed E-state index contributed by atoms with van der Waals surface area (Å²) in [6, 6.07) is 8.79. The van der Waals surface area contributed by atoms with Gasteiger partial charge in [0.25, 0.3) is 0 Å². The van der Waals surface area contributed by atoms with Crippen LogP contribution in [-0.4, -0.2) is 0 Å². The van der Waals surface area contributed by atoms with E-state index in [4.69, 9.17) is 0 Å². The van der Waals surface area contributed by atoms with E-state index in [1.54, 1.807) is 0 Å². The number of aryl methyl sites for hydroxylation is 1. The number of benzene rings is 1. The van der Waals surface area contributed by atoms with Crippen molar-refractivity contribution in [1.29, 1.82) is 0 Å². The van der Waals surface area contributed by atoms with E-state index >= 15 is 0 Å². The van der Waals surface area contributed by atoms with E-state index in [2.05, 4.69) is 50.3 Å². The first kappa shape index (κ1) is 17.7. The number of allylic oxidation sites excluding steroid dienone is 4. The average Bonchev–Trinajstić information content (AvgIpc) is 2.43. The van der Waals surface area contributed by atoms with Crippen molar-refractivity contribution in [3.05, 3.63) is 58.7 Å². The summed E-state index contributed by atoms with van der Waals surface area (Å²) in [6.45, 7) is 12.4. The van der Waals surface area contributed by atoms with Gasteiger partial charge in [0.05, 0.1) is 0 Å². The van der Waals surface area contributed by atoms with Gasteiger partial charge < -0.3 is 0 Å². The van der Waals surface area contributed by atoms with E-state index in [9.17, 15) is 0 Å². The molecular weight excluding hydrogens is 228 g/mol. The largest absolute Gasteiger partial charge is 0.0807 e. The second-order valence-electron chi connectivity index (χ2n) is 4.47. The molecule has 0 radical (unpaired) electrons. The molecule has 1 aliphatic rings. The molecule has 0 heteroatoms. The van der Waals surface area contributed by atoms with Gasteiger partial charge in [0.15, 0.2) is 0 Å². The molecule has 0 fully saturated rings.